The van der Waals surface area contributed by atoms with Gasteiger partial charge in [0.15, 0.2) is 0 Å². The van der Waals surface area contributed by atoms with Crippen LogP contribution < -0.4 is 0 Å². The molecule has 0 aliphatic rings. The molecule has 0 aromatic carbocycles. The van der Waals surface area contributed by atoms with Gasteiger partial charge in [-0.3, -0.25) is 0 Å². The van der Waals surface area contributed by atoms with Crippen LogP contribution in [0.1, 0.15) is 0 Å². The molecule has 1 radical (unpaired) electrons. The van der Waals surface area contributed by atoms with Gasteiger partial charge in [-0.05, 0) is 0 Å². The standard InChI is InChI=1S/CH2BN2/c1-3-4-2/h1H2. The van der Waals surface area contributed by atoms with Gasteiger partial charge >= 0.3 is 24.5 Å². The minimum absolute atomic E-state index is 2.75. The molecule has 0 rings (SSSR count). The Morgan fingerprint density at radius 2 is 2.00 bits per heavy atom. The molecular weight excluding hydrogens is 50.8 g/mol. The summed E-state index contributed by atoms with van der Waals surface area (Å²) in [6, 6.07) is 0. The molecular formula is CH2BN2. The molecule has 0 heterocycles. The number of hydrogen-bond acceptors (Lipinski definition) is 2. The van der Waals surface area contributed by atoms with Crippen molar-refractivity contribution >= 4 is 14.4 Å². The second kappa shape index (κ2) is 2.53. The summed E-state index contributed by atoms with van der Waals surface area (Å²) in [6.07, 6.45) is 0. The molecule has 0 atom stereocenters. The van der Waals surface area contributed by atoms with Crippen molar-refractivity contribution in [3.05, 3.63) is 0 Å². The molecule has 4 heavy (non-hydrogen) atoms. The average molecular weight is 52.9 g/mol. The first-order valence-corrected chi connectivity index (χ1v) is 0.774. The normalized spacial score (nSPS) is 4.75. The summed E-state index contributed by atoms with van der Waals surface area (Å²) in [5, 5.41) is 5.64. The molecule has 0 saturated carbocycles. The molecule has 0 aliphatic heterocycles. The van der Waals surface area contributed by atoms with Gasteiger partial charge in [0.2, 0.25) is 0 Å². The van der Waals surface area contributed by atoms with E-state index >= 15 is 0 Å². The second-order valence-corrected chi connectivity index (χ2v) is 0.257. The summed E-state index contributed by atoms with van der Waals surface area (Å²) in [5.41, 5.74) is 0. The summed E-state index contributed by atoms with van der Waals surface area (Å²) in [4.78, 5) is 0. The third-order valence-electron chi connectivity index (χ3n) is 0.0816. The molecule has 0 unspecified atom stereocenters. The third kappa shape index (κ3) is 1.53. The fourth-order valence-corrected chi connectivity index (χ4v) is 0. The summed E-state index contributed by atoms with van der Waals surface area (Å²) in [7, 11) is 4.42. The number of nitrogens with zero attached hydrogens (tertiary/aromatic N) is 2. The molecule has 0 saturated heterocycles. The fourth-order valence-electron chi connectivity index (χ4n) is 0. The molecule has 2 nitrogen and oxygen atoms in total. The Morgan fingerprint density at radius 3 is 2.00 bits per heavy atom. The quantitative estimate of drug-likeness (QED) is 0.227. The van der Waals surface area contributed by atoms with Crippen LogP contribution in [0.15, 0.2) is 10.1 Å². The molecule has 0 fully saturated rings. The monoisotopic (exact) mass is 53.0 g/mol. The van der Waals surface area contributed by atoms with Gasteiger partial charge in [-0.25, -0.2) is 0 Å². The predicted octanol–water partition coefficient (Wildman–Crippen LogP) is -0.0459. The van der Waals surface area contributed by atoms with Crippen LogP contribution in [0, 0.1) is 0 Å². The van der Waals surface area contributed by atoms with Crippen LogP contribution in [0.5, 0.6) is 0 Å². The Bertz CT molecular complexity index is 27.0. The topological polar surface area (TPSA) is 24.7 Å². The fraction of sp³-hybridized carbons (Fsp3) is 0. The Kier molecular flexibility index (Phi) is 2.24. The van der Waals surface area contributed by atoms with Crippen LogP contribution in [0.4, 0.5) is 0 Å². The Morgan fingerprint density at radius 1 is 1.75 bits per heavy atom. The van der Waals surface area contributed by atoms with Crippen molar-refractivity contribution in [3.63, 3.8) is 0 Å². The van der Waals surface area contributed by atoms with Gasteiger partial charge in [0.1, 0.15) is 0 Å². The van der Waals surface area contributed by atoms with Crippen molar-refractivity contribution in [1.29, 1.82) is 0 Å². The summed E-state index contributed by atoms with van der Waals surface area (Å²) < 4.78 is 0. The zero-order chi connectivity index (χ0) is 3.41. The van der Waals surface area contributed by atoms with Crippen molar-refractivity contribution in [2.24, 2.45) is 10.1 Å². The van der Waals surface area contributed by atoms with Gasteiger partial charge in [-0.2, -0.15) is 0 Å². The summed E-state index contributed by atoms with van der Waals surface area (Å²) >= 11 is 0. The average Bonchev–Trinajstić information content (AvgIpc) is 1.37. The van der Waals surface area contributed by atoms with Gasteiger partial charge in [0.05, 0.1) is 0 Å². The van der Waals surface area contributed by atoms with E-state index in [0.717, 1.165) is 0 Å². The molecule has 0 aromatic rings. The van der Waals surface area contributed by atoms with E-state index in [2.05, 4.69) is 24.5 Å². The third-order valence-corrected chi connectivity index (χ3v) is 0.0816. The van der Waals surface area contributed by atoms with Crippen LogP contribution in [0.2, 0.25) is 0 Å². The van der Waals surface area contributed by atoms with E-state index < -0.39 is 0 Å². The SMILES string of the molecule is [B]=NN=C. The van der Waals surface area contributed by atoms with Gasteiger partial charge in [0.25, 0.3) is 0 Å². The van der Waals surface area contributed by atoms with Crippen molar-refractivity contribution in [2.45, 2.75) is 0 Å². The van der Waals surface area contributed by atoms with Gasteiger partial charge in [-0.15, -0.1) is 0 Å². The van der Waals surface area contributed by atoms with E-state index in [1.54, 1.807) is 0 Å². The zero-order valence-corrected chi connectivity index (χ0v) is 2.18. The Balaban J connectivity index is 2.73. The van der Waals surface area contributed by atoms with Crippen molar-refractivity contribution < 1.29 is 0 Å². The minimum atomic E-state index is 2.75. The van der Waals surface area contributed by atoms with E-state index in [4.69, 9.17) is 0 Å². The van der Waals surface area contributed by atoms with Crippen molar-refractivity contribution in [3.8, 4) is 0 Å². The first-order valence-electron chi connectivity index (χ1n) is 0.774. The number of hydrogen-bond donors (Lipinski definition) is 0. The van der Waals surface area contributed by atoms with Crippen LogP contribution in [-0.4, -0.2) is 14.4 Å². The molecule has 0 aromatic heterocycles. The number of rotatable bonds is 1. The van der Waals surface area contributed by atoms with Gasteiger partial charge in [0, 0.05) is 0 Å². The molecule has 0 amide bonds. The predicted molar refractivity (Wildman–Crippen MR) is 17.7 cm³/mol. The van der Waals surface area contributed by atoms with Crippen LogP contribution >= 0.6 is 0 Å². The van der Waals surface area contributed by atoms with Crippen LogP contribution in [0.3, 0.4) is 0 Å². The van der Waals surface area contributed by atoms with Gasteiger partial charge < -0.3 is 0 Å². The summed E-state index contributed by atoms with van der Waals surface area (Å²) in [6.45, 7) is 2.94. The van der Waals surface area contributed by atoms with E-state index in [-0.39, 0.29) is 0 Å². The summed E-state index contributed by atoms with van der Waals surface area (Å²) in [5.74, 6) is 0. The molecule has 0 bridgehead atoms. The van der Waals surface area contributed by atoms with E-state index in [1.807, 2.05) is 0 Å². The molecule has 3 heteroatoms. The second-order valence-electron chi connectivity index (χ2n) is 0.257. The maximum atomic E-state index is 4.42. The first-order chi connectivity index (χ1) is 1.91. The van der Waals surface area contributed by atoms with Crippen molar-refractivity contribution in [2.75, 3.05) is 0 Å². The van der Waals surface area contributed by atoms with Crippen LogP contribution in [-0.2, 0) is 0 Å². The Labute approximate surface area is 25.7 Å². The molecule has 0 aliphatic carbocycles. The molecule has 0 N–H and O–H groups in total. The first kappa shape index (κ1) is 3.53. The van der Waals surface area contributed by atoms with E-state index in [9.17, 15) is 0 Å². The van der Waals surface area contributed by atoms with E-state index in [1.165, 1.54) is 0 Å². The Hall–Kier alpha value is -0.465. The van der Waals surface area contributed by atoms with Crippen LogP contribution in [0.25, 0.3) is 0 Å². The zero-order valence-electron chi connectivity index (χ0n) is 2.18. The molecule has 19 valence electrons. The molecule has 0 spiro atoms. The maximum absolute atomic E-state index is 4.42. The van der Waals surface area contributed by atoms with Gasteiger partial charge in [-0.1, -0.05) is 0 Å². The van der Waals surface area contributed by atoms with E-state index in [0.29, 0.717) is 0 Å². The van der Waals surface area contributed by atoms with Crippen molar-refractivity contribution in [1.82, 2.24) is 0 Å².